The molecule has 0 aliphatic carbocycles. The Morgan fingerprint density at radius 2 is 1.80 bits per heavy atom. The summed E-state index contributed by atoms with van der Waals surface area (Å²) in [6, 6.07) is 10.5. The van der Waals surface area contributed by atoms with Gasteiger partial charge in [-0.1, -0.05) is 63.4 Å². The molecule has 0 fully saturated rings. The number of carbonyl (C=O) groups excluding carboxylic acids is 1. The molecule has 5 heteroatoms. The van der Waals surface area contributed by atoms with Crippen molar-refractivity contribution in [3.63, 3.8) is 0 Å². The van der Waals surface area contributed by atoms with Crippen LogP contribution < -0.4 is 5.32 Å². The van der Waals surface area contributed by atoms with Gasteiger partial charge < -0.3 is 5.32 Å². The highest BCUT2D eigenvalue weighted by molar-refractivity contribution is 5.81. The van der Waals surface area contributed by atoms with Crippen molar-refractivity contribution in [3.8, 4) is 0 Å². The van der Waals surface area contributed by atoms with E-state index in [-0.39, 0.29) is 6.54 Å². The van der Waals surface area contributed by atoms with Crippen LogP contribution in [0.15, 0.2) is 30.3 Å². The van der Waals surface area contributed by atoms with Crippen LogP contribution in [-0.2, 0) is 11.2 Å². The van der Waals surface area contributed by atoms with Gasteiger partial charge >= 0.3 is 12.1 Å². The summed E-state index contributed by atoms with van der Waals surface area (Å²) in [5.74, 6) is -0.605. The zero-order chi connectivity index (χ0) is 18.7. The van der Waals surface area contributed by atoms with Crippen molar-refractivity contribution in [2.45, 2.75) is 65.0 Å². The molecular weight excluding hydrogens is 327 g/mol. The van der Waals surface area contributed by atoms with Crippen LogP contribution in [-0.4, -0.2) is 18.6 Å². The Bertz CT molecular complexity index is 487. The van der Waals surface area contributed by atoms with Crippen LogP contribution in [0.1, 0.15) is 57.9 Å². The largest absolute Gasteiger partial charge is 0.471 e. The monoisotopic (exact) mass is 357 g/mol. The third-order valence-corrected chi connectivity index (χ3v) is 4.66. The summed E-state index contributed by atoms with van der Waals surface area (Å²) in [4.78, 5) is 10.7. The van der Waals surface area contributed by atoms with Crippen molar-refractivity contribution in [1.29, 1.82) is 0 Å². The number of unbranched alkanes of at least 4 members (excludes halogenated alkanes) is 1. The molecule has 1 amide bonds. The zero-order valence-electron chi connectivity index (χ0n) is 15.2. The highest BCUT2D eigenvalue weighted by Gasteiger charge is 2.38. The highest BCUT2D eigenvalue weighted by Crippen LogP contribution is 2.24. The summed E-state index contributed by atoms with van der Waals surface area (Å²) in [6.07, 6.45) is 2.21. The first-order valence-electron chi connectivity index (χ1n) is 9.21. The van der Waals surface area contributed by atoms with E-state index >= 15 is 0 Å². The van der Waals surface area contributed by atoms with Crippen molar-refractivity contribution in [3.05, 3.63) is 35.9 Å². The molecule has 2 nitrogen and oxygen atoms in total. The number of aryl methyl sites for hydroxylation is 1. The Labute approximate surface area is 149 Å². The van der Waals surface area contributed by atoms with E-state index in [2.05, 4.69) is 38.1 Å². The standard InChI is InChI=1S/C20H30F3NO/c1-3-17(12-13-18-10-5-4-6-11-18)15-16(2)9-7-8-14-24-19(25)20(21,22)23/h4-6,10-11,16-17H,3,7-9,12-15H2,1-2H3,(H,24,25)/t16-,17-/m1/s1. The maximum Gasteiger partial charge on any atom is 0.471 e. The molecule has 2 atom stereocenters. The third-order valence-electron chi connectivity index (χ3n) is 4.66. The number of rotatable bonds is 11. The van der Waals surface area contributed by atoms with Gasteiger partial charge in [-0.05, 0) is 43.1 Å². The molecule has 0 radical (unpaired) electrons. The third kappa shape index (κ3) is 9.51. The summed E-state index contributed by atoms with van der Waals surface area (Å²) in [5.41, 5.74) is 1.37. The minimum Gasteiger partial charge on any atom is -0.348 e. The number of amides is 1. The second-order valence-electron chi connectivity index (χ2n) is 6.89. The average Bonchev–Trinajstić information content (AvgIpc) is 2.58. The van der Waals surface area contributed by atoms with Crippen LogP contribution >= 0.6 is 0 Å². The van der Waals surface area contributed by atoms with Crippen molar-refractivity contribution in [1.82, 2.24) is 5.32 Å². The number of hydrogen-bond acceptors (Lipinski definition) is 1. The van der Waals surface area contributed by atoms with Crippen LogP contribution in [0.2, 0.25) is 0 Å². The molecule has 1 N–H and O–H groups in total. The fourth-order valence-corrected chi connectivity index (χ4v) is 3.11. The molecule has 0 heterocycles. The minimum atomic E-state index is -4.78. The molecule has 0 bridgehead atoms. The number of hydrogen-bond donors (Lipinski definition) is 1. The topological polar surface area (TPSA) is 29.1 Å². The van der Waals surface area contributed by atoms with Crippen LogP contribution in [0, 0.1) is 11.8 Å². The molecule has 0 unspecified atom stereocenters. The fraction of sp³-hybridized carbons (Fsp3) is 0.650. The van der Waals surface area contributed by atoms with E-state index in [1.807, 2.05) is 11.4 Å². The van der Waals surface area contributed by atoms with Crippen LogP contribution in [0.3, 0.4) is 0 Å². The van der Waals surface area contributed by atoms with Crippen molar-refractivity contribution in [2.75, 3.05) is 6.54 Å². The van der Waals surface area contributed by atoms with E-state index < -0.39 is 12.1 Å². The van der Waals surface area contributed by atoms with Crippen molar-refractivity contribution in [2.24, 2.45) is 11.8 Å². The second kappa shape index (κ2) is 11.2. The van der Waals surface area contributed by atoms with Gasteiger partial charge in [0.2, 0.25) is 0 Å². The first-order valence-corrected chi connectivity index (χ1v) is 9.21. The first kappa shape index (κ1) is 21.5. The Balaban J connectivity index is 2.17. The molecule has 0 spiro atoms. The van der Waals surface area contributed by atoms with E-state index in [1.165, 1.54) is 12.0 Å². The van der Waals surface area contributed by atoms with Crippen molar-refractivity contribution >= 4 is 5.91 Å². The van der Waals surface area contributed by atoms with Crippen LogP contribution in [0.5, 0.6) is 0 Å². The smallest absolute Gasteiger partial charge is 0.348 e. The molecule has 1 aromatic rings. The number of nitrogens with one attached hydrogen (secondary N) is 1. The molecule has 0 aliphatic rings. The lowest BCUT2D eigenvalue weighted by molar-refractivity contribution is -0.173. The van der Waals surface area contributed by atoms with E-state index in [4.69, 9.17) is 0 Å². The predicted molar refractivity (Wildman–Crippen MR) is 95.2 cm³/mol. The minimum absolute atomic E-state index is 0.0935. The van der Waals surface area contributed by atoms with Gasteiger partial charge in [0.15, 0.2) is 0 Å². The lowest BCUT2D eigenvalue weighted by Gasteiger charge is -2.20. The number of carbonyl (C=O) groups is 1. The molecule has 0 aromatic heterocycles. The molecular formula is C20H30F3NO. The predicted octanol–water partition coefficient (Wildman–Crippen LogP) is 5.52. The van der Waals surface area contributed by atoms with Gasteiger partial charge in [-0.15, -0.1) is 0 Å². The lowest BCUT2D eigenvalue weighted by atomic mass is 9.86. The molecule has 25 heavy (non-hydrogen) atoms. The molecule has 142 valence electrons. The van der Waals surface area contributed by atoms with E-state index in [1.54, 1.807) is 0 Å². The number of benzene rings is 1. The summed E-state index contributed by atoms with van der Waals surface area (Å²) in [6.45, 7) is 4.52. The average molecular weight is 357 g/mol. The summed E-state index contributed by atoms with van der Waals surface area (Å²) in [7, 11) is 0. The van der Waals surface area contributed by atoms with Gasteiger partial charge in [0.1, 0.15) is 0 Å². The molecule has 0 saturated carbocycles. The summed E-state index contributed by atoms with van der Waals surface area (Å²) < 4.78 is 36.2. The number of halogens is 3. The molecule has 1 aromatic carbocycles. The lowest BCUT2D eigenvalue weighted by Crippen LogP contribution is -2.37. The fourth-order valence-electron chi connectivity index (χ4n) is 3.11. The Hall–Kier alpha value is -1.52. The van der Waals surface area contributed by atoms with Gasteiger partial charge in [0, 0.05) is 6.54 Å². The van der Waals surface area contributed by atoms with E-state index in [9.17, 15) is 18.0 Å². The van der Waals surface area contributed by atoms with Gasteiger partial charge in [0.25, 0.3) is 0 Å². The van der Waals surface area contributed by atoms with Gasteiger partial charge in [0.05, 0.1) is 0 Å². The molecule has 1 rings (SSSR count). The quantitative estimate of drug-likeness (QED) is 0.519. The van der Waals surface area contributed by atoms with Crippen molar-refractivity contribution < 1.29 is 18.0 Å². The molecule has 0 saturated heterocycles. The maximum atomic E-state index is 12.1. The second-order valence-corrected chi connectivity index (χ2v) is 6.89. The van der Waals surface area contributed by atoms with E-state index in [0.29, 0.717) is 18.3 Å². The van der Waals surface area contributed by atoms with Crippen LogP contribution in [0.4, 0.5) is 13.2 Å². The zero-order valence-corrected chi connectivity index (χ0v) is 15.2. The van der Waals surface area contributed by atoms with E-state index in [0.717, 1.165) is 32.1 Å². The summed E-state index contributed by atoms with van der Waals surface area (Å²) >= 11 is 0. The Kier molecular flexibility index (Phi) is 9.61. The van der Waals surface area contributed by atoms with Gasteiger partial charge in [-0.3, -0.25) is 4.79 Å². The normalized spacial score (nSPS) is 14.1. The maximum absolute atomic E-state index is 12.1. The Morgan fingerprint density at radius 1 is 1.12 bits per heavy atom. The number of alkyl halides is 3. The highest BCUT2D eigenvalue weighted by atomic mass is 19.4. The van der Waals surface area contributed by atoms with Gasteiger partial charge in [-0.2, -0.15) is 13.2 Å². The van der Waals surface area contributed by atoms with Gasteiger partial charge in [-0.25, -0.2) is 0 Å². The first-order chi connectivity index (χ1) is 11.8. The van der Waals surface area contributed by atoms with Crippen LogP contribution in [0.25, 0.3) is 0 Å². The molecule has 0 aliphatic heterocycles. The Morgan fingerprint density at radius 3 is 2.40 bits per heavy atom. The SMILES string of the molecule is CC[C@H](CCc1ccccc1)C[C@H](C)CCCCNC(=O)C(F)(F)F. The summed E-state index contributed by atoms with van der Waals surface area (Å²) in [5, 5.41) is 1.92.